The Morgan fingerprint density at radius 1 is 1.12 bits per heavy atom. The predicted octanol–water partition coefficient (Wildman–Crippen LogP) is 2.76. The molecule has 0 fully saturated rings. The summed E-state index contributed by atoms with van der Waals surface area (Å²) in [5.74, 6) is -0.993. The number of amides is 1. The van der Waals surface area contributed by atoms with Crippen molar-refractivity contribution in [3.63, 3.8) is 0 Å². The minimum atomic E-state index is -0.534. The molecule has 0 spiro atoms. The maximum atomic E-state index is 13.4. The number of esters is 1. The first-order valence-corrected chi connectivity index (χ1v) is 8.12. The van der Waals surface area contributed by atoms with Crippen LogP contribution < -0.4 is 5.32 Å². The third-order valence-corrected chi connectivity index (χ3v) is 3.68. The Morgan fingerprint density at radius 2 is 1.88 bits per heavy atom. The molecular formula is C19H17FN2O4. The molecule has 0 aliphatic carbocycles. The van der Waals surface area contributed by atoms with Gasteiger partial charge in [-0.15, -0.1) is 0 Å². The molecule has 3 rings (SSSR count). The second-order valence-corrected chi connectivity index (χ2v) is 5.60. The van der Waals surface area contributed by atoms with Crippen molar-refractivity contribution in [1.29, 1.82) is 0 Å². The van der Waals surface area contributed by atoms with Crippen molar-refractivity contribution in [3.8, 4) is 0 Å². The van der Waals surface area contributed by atoms with Crippen LogP contribution in [0, 0.1) is 5.82 Å². The van der Waals surface area contributed by atoms with E-state index in [0.29, 0.717) is 17.0 Å². The summed E-state index contributed by atoms with van der Waals surface area (Å²) in [6, 6.07) is 13.4. The number of fused-ring (bicyclic) bond motifs is 1. The van der Waals surface area contributed by atoms with Crippen molar-refractivity contribution in [2.24, 2.45) is 0 Å². The van der Waals surface area contributed by atoms with Crippen LogP contribution in [0.15, 0.2) is 52.9 Å². The van der Waals surface area contributed by atoms with Gasteiger partial charge in [0.25, 0.3) is 5.91 Å². The van der Waals surface area contributed by atoms with Crippen molar-refractivity contribution in [3.05, 3.63) is 65.8 Å². The summed E-state index contributed by atoms with van der Waals surface area (Å²) < 4.78 is 23.9. The van der Waals surface area contributed by atoms with Gasteiger partial charge in [-0.25, -0.2) is 9.37 Å². The Bertz CT molecular complexity index is 890. The number of para-hydroxylation sites is 2. The number of oxazole rings is 1. The zero-order valence-electron chi connectivity index (χ0n) is 13.9. The van der Waals surface area contributed by atoms with Gasteiger partial charge >= 0.3 is 5.97 Å². The Hall–Kier alpha value is -3.22. The molecule has 0 saturated heterocycles. The van der Waals surface area contributed by atoms with E-state index in [1.54, 1.807) is 24.3 Å². The van der Waals surface area contributed by atoms with E-state index in [1.165, 1.54) is 6.07 Å². The van der Waals surface area contributed by atoms with E-state index in [0.717, 1.165) is 5.52 Å². The van der Waals surface area contributed by atoms with E-state index in [-0.39, 0.29) is 19.4 Å². The highest BCUT2D eigenvalue weighted by Crippen LogP contribution is 2.15. The van der Waals surface area contributed by atoms with E-state index in [9.17, 15) is 14.0 Å². The van der Waals surface area contributed by atoms with Gasteiger partial charge in [-0.05, 0) is 18.2 Å². The summed E-state index contributed by atoms with van der Waals surface area (Å²) in [7, 11) is 0. The van der Waals surface area contributed by atoms with Gasteiger partial charge < -0.3 is 14.5 Å². The number of carbonyl (C=O) groups is 2. The maximum absolute atomic E-state index is 13.4. The number of carbonyl (C=O) groups excluding carboxylic acids is 2. The van der Waals surface area contributed by atoms with Gasteiger partial charge in [0.2, 0.25) is 0 Å². The zero-order chi connectivity index (χ0) is 18.4. The largest absolute Gasteiger partial charge is 0.456 e. The van der Waals surface area contributed by atoms with Crippen molar-refractivity contribution in [2.45, 2.75) is 19.4 Å². The maximum Gasteiger partial charge on any atom is 0.306 e. The van der Waals surface area contributed by atoms with Gasteiger partial charge in [0.15, 0.2) is 18.1 Å². The molecule has 0 bridgehead atoms. The standard InChI is InChI=1S/C19H17FN2O4/c20-14-6-2-1-5-13(14)11-21-17(23)12-25-19(24)10-9-18-22-15-7-3-4-8-16(15)26-18/h1-8H,9-12H2,(H,21,23). The summed E-state index contributed by atoms with van der Waals surface area (Å²) in [6.45, 7) is -0.382. The molecule has 1 aromatic heterocycles. The summed E-state index contributed by atoms with van der Waals surface area (Å²) in [5, 5.41) is 2.50. The molecule has 26 heavy (non-hydrogen) atoms. The normalized spacial score (nSPS) is 10.7. The molecule has 6 nitrogen and oxygen atoms in total. The monoisotopic (exact) mass is 356 g/mol. The van der Waals surface area contributed by atoms with Crippen LogP contribution in [0.1, 0.15) is 17.9 Å². The third kappa shape index (κ3) is 4.66. The number of ether oxygens (including phenoxy) is 1. The zero-order valence-corrected chi connectivity index (χ0v) is 13.9. The fourth-order valence-corrected chi connectivity index (χ4v) is 2.34. The van der Waals surface area contributed by atoms with Crippen LogP contribution >= 0.6 is 0 Å². The third-order valence-electron chi connectivity index (χ3n) is 3.68. The Labute approximate surface area is 149 Å². The summed E-state index contributed by atoms with van der Waals surface area (Å²) in [4.78, 5) is 27.7. The number of hydrogen-bond acceptors (Lipinski definition) is 5. The molecule has 2 aromatic carbocycles. The molecule has 0 aliphatic rings. The number of hydrogen-bond donors (Lipinski definition) is 1. The number of benzene rings is 2. The smallest absolute Gasteiger partial charge is 0.306 e. The molecule has 0 saturated carbocycles. The minimum absolute atomic E-state index is 0.0337. The van der Waals surface area contributed by atoms with Crippen LogP contribution in [0.25, 0.3) is 11.1 Å². The van der Waals surface area contributed by atoms with Crippen LogP contribution in [0.5, 0.6) is 0 Å². The quantitative estimate of drug-likeness (QED) is 0.659. The topological polar surface area (TPSA) is 81.4 Å². The summed E-state index contributed by atoms with van der Waals surface area (Å²) >= 11 is 0. The molecule has 7 heteroatoms. The summed E-state index contributed by atoms with van der Waals surface area (Å²) in [6.07, 6.45) is 0.331. The molecule has 0 atom stereocenters. The van der Waals surface area contributed by atoms with Crippen LogP contribution in [-0.4, -0.2) is 23.5 Å². The van der Waals surface area contributed by atoms with Gasteiger partial charge in [-0.1, -0.05) is 30.3 Å². The fourth-order valence-electron chi connectivity index (χ4n) is 2.34. The molecule has 0 radical (unpaired) electrons. The van der Waals surface area contributed by atoms with E-state index in [4.69, 9.17) is 9.15 Å². The van der Waals surface area contributed by atoms with Crippen molar-refractivity contribution in [2.75, 3.05) is 6.61 Å². The highest BCUT2D eigenvalue weighted by Gasteiger charge is 2.11. The number of aromatic nitrogens is 1. The number of aryl methyl sites for hydroxylation is 1. The predicted molar refractivity (Wildman–Crippen MR) is 91.5 cm³/mol. The van der Waals surface area contributed by atoms with Crippen molar-refractivity contribution < 1.29 is 23.1 Å². The van der Waals surface area contributed by atoms with E-state index < -0.39 is 24.3 Å². The van der Waals surface area contributed by atoms with Crippen LogP contribution in [0.2, 0.25) is 0 Å². The van der Waals surface area contributed by atoms with Gasteiger partial charge in [-0.3, -0.25) is 9.59 Å². The molecule has 0 aliphatic heterocycles. The number of halogens is 1. The average Bonchev–Trinajstić information content (AvgIpc) is 3.07. The van der Waals surface area contributed by atoms with Gasteiger partial charge in [-0.2, -0.15) is 0 Å². The molecule has 1 heterocycles. The van der Waals surface area contributed by atoms with E-state index >= 15 is 0 Å². The Balaban J connectivity index is 1.39. The van der Waals surface area contributed by atoms with Gasteiger partial charge in [0, 0.05) is 18.5 Å². The molecule has 1 amide bonds. The fraction of sp³-hybridized carbons (Fsp3) is 0.211. The van der Waals surface area contributed by atoms with Gasteiger partial charge in [0.1, 0.15) is 11.3 Å². The first-order chi connectivity index (χ1) is 12.6. The summed E-state index contributed by atoms with van der Waals surface area (Å²) in [5.41, 5.74) is 1.75. The second kappa shape index (κ2) is 8.24. The Kier molecular flexibility index (Phi) is 5.58. The second-order valence-electron chi connectivity index (χ2n) is 5.60. The van der Waals surface area contributed by atoms with E-state index in [1.807, 2.05) is 18.2 Å². The van der Waals surface area contributed by atoms with Crippen LogP contribution in [0.3, 0.4) is 0 Å². The highest BCUT2D eigenvalue weighted by molar-refractivity contribution is 5.80. The lowest BCUT2D eigenvalue weighted by Gasteiger charge is -2.07. The molecule has 1 N–H and O–H groups in total. The highest BCUT2D eigenvalue weighted by atomic mass is 19.1. The minimum Gasteiger partial charge on any atom is -0.456 e. The number of nitrogens with one attached hydrogen (secondary N) is 1. The molecular weight excluding hydrogens is 339 g/mol. The molecule has 134 valence electrons. The Morgan fingerprint density at radius 3 is 2.69 bits per heavy atom. The molecule has 3 aromatic rings. The number of rotatable bonds is 7. The first kappa shape index (κ1) is 17.6. The average molecular weight is 356 g/mol. The first-order valence-electron chi connectivity index (χ1n) is 8.12. The molecule has 0 unspecified atom stereocenters. The van der Waals surface area contributed by atoms with Crippen LogP contribution in [-0.2, 0) is 27.3 Å². The van der Waals surface area contributed by atoms with E-state index in [2.05, 4.69) is 10.3 Å². The SMILES string of the molecule is O=C(COC(=O)CCc1nc2ccccc2o1)NCc1ccccc1F. The number of nitrogens with zero attached hydrogens (tertiary/aromatic N) is 1. The lowest BCUT2D eigenvalue weighted by Crippen LogP contribution is -2.28. The van der Waals surface area contributed by atoms with Crippen LogP contribution in [0.4, 0.5) is 4.39 Å². The van der Waals surface area contributed by atoms with Crippen molar-refractivity contribution in [1.82, 2.24) is 10.3 Å². The van der Waals surface area contributed by atoms with Gasteiger partial charge in [0.05, 0.1) is 6.42 Å². The lowest BCUT2D eigenvalue weighted by molar-refractivity contribution is -0.148. The van der Waals surface area contributed by atoms with Crippen molar-refractivity contribution >= 4 is 23.0 Å². The lowest BCUT2D eigenvalue weighted by atomic mass is 10.2.